The van der Waals surface area contributed by atoms with E-state index < -0.39 is 10.0 Å². The molecule has 0 aliphatic heterocycles. The van der Waals surface area contributed by atoms with Crippen LogP contribution in [0.2, 0.25) is 0 Å². The molecule has 0 amide bonds. The normalized spacial score (nSPS) is 12.3. The molecule has 1 aromatic carbocycles. The molecule has 0 unspecified atom stereocenters. The van der Waals surface area contributed by atoms with Crippen molar-refractivity contribution in [3.8, 4) is 0 Å². The van der Waals surface area contributed by atoms with Crippen molar-refractivity contribution >= 4 is 41.9 Å². The van der Waals surface area contributed by atoms with Crippen molar-refractivity contribution in [2.45, 2.75) is 51.0 Å². The van der Waals surface area contributed by atoms with Crippen molar-refractivity contribution in [2.24, 2.45) is 0 Å². The van der Waals surface area contributed by atoms with Crippen molar-refractivity contribution in [1.82, 2.24) is 4.31 Å². The first kappa shape index (κ1) is 18.1. The summed E-state index contributed by atoms with van der Waals surface area (Å²) in [6, 6.07) is 5.10. The fraction of sp³-hybridized carbons (Fsp3) is 0.571. The lowest BCUT2D eigenvalue weighted by Crippen LogP contribution is -2.37. The lowest BCUT2D eigenvalue weighted by molar-refractivity contribution is 0.345. The van der Waals surface area contributed by atoms with Crippen molar-refractivity contribution < 1.29 is 8.42 Å². The first-order chi connectivity index (χ1) is 9.30. The van der Waals surface area contributed by atoms with E-state index in [1.807, 2.05) is 13.8 Å². The zero-order valence-corrected chi connectivity index (χ0v) is 16.1. The highest BCUT2D eigenvalue weighted by Crippen LogP contribution is 2.29. The Morgan fingerprint density at radius 3 is 2.35 bits per heavy atom. The molecule has 0 radical (unpaired) electrons. The second kappa shape index (κ2) is 7.92. The van der Waals surface area contributed by atoms with Crippen LogP contribution in [0.25, 0.3) is 0 Å². The minimum atomic E-state index is -3.46. The molecule has 0 fully saturated rings. The maximum Gasteiger partial charge on any atom is 0.244 e. The summed E-state index contributed by atoms with van der Waals surface area (Å²) in [5, 5.41) is 0. The summed E-state index contributed by atoms with van der Waals surface area (Å²) in [6.07, 6.45) is 3.01. The first-order valence-electron chi connectivity index (χ1n) is 6.77. The molecule has 1 rings (SSSR count). The van der Waals surface area contributed by atoms with E-state index in [-0.39, 0.29) is 6.04 Å². The number of benzene rings is 1. The Bertz CT molecular complexity index is 544. The van der Waals surface area contributed by atoms with Crippen LogP contribution in [-0.4, -0.2) is 25.3 Å². The molecule has 0 heterocycles. The number of hydrogen-bond donors (Lipinski definition) is 0. The van der Waals surface area contributed by atoms with Crippen LogP contribution in [0, 0.1) is 0 Å². The molecular weight excluding hydrogens is 406 g/mol. The molecule has 0 bridgehead atoms. The zero-order valence-electron chi connectivity index (χ0n) is 12.1. The predicted molar refractivity (Wildman–Crippen MR) is 90.4 cm³/mol. The topological polar surface area (TPSA) is 37.4 Å². The van der Waals surface area contributed by atoms with Crippen molar-refractivity contribution in [3.05, 3.63) is 27.1 Å². The van der Waals surface area contributed by atoms with Gasteiger partial charge in [0.1, 0.15) is 0 Å². The molecule has 0 aliphatic rings. The molecule has 0 aromatic heterocycles. The standard InChI is InChI=1S/C14H21Br2NO2S/c1-4-5-6-9-17(11(2)3)20(18,19)14-8-7-12(15)10-13(14)16/h7-8,10-11H,4-6,9H2,1-3H3. The van der Waals surface area contributed by atoms with Gasteiger partial charge in [0.2, 0.25) is 10.0 Å². The van der Waals surface area contributed by atoms with Gasteiger partial charge in [-0.15, -0.1) is 0 Å². The van der Waals surface area contributed by atoms with Crippen LogP contribution < -0.4 is 0 Å². The monoisotopic (exact) mass is 425 g/mol. The van der Waals surface area contributed by atoms with Gasteiger partial charge in [-0.2, -0.15) is 4.31 Å². The number of unbranched alkanes of at least 4 members (excludes halogenated alkanes) is 2. The smallest absolute Gasteiger partial charge is 0.207 e. The minimum absolute atomic E-state index is 0.0487. The molecule has 0 saturated carbocycles. The fourth-order valence-corrected chi connectivity index (χ4v) is 5.37. The van der Waals surface area contributed by atoms with Gasteiger partial charge in [-0.3, -0.25) is 0 Å². The van der Waals surface area contributed by atoms with Gasteiger partial charge in [0.15, 0.2) is 0 Å². The third-order valence-electron chi connectivity index (χ3n) is 3.04. The van der Waals surface area contributed by atoms with Crippen LogP contribution in [0.5, 0.6) is 0 Å². The highest BCUT2D eigenvalue weighted by atomic mass is 79.9. The molecule has 0 N–H and O–H groups in total. The zero-order chi connectivity index (χ0) is 15.3. The largest absolute Gasteiger partial charge is 0.244 e. The summed E-state index contributed by atoms with van der Waals surface area (Å²) in [6.45, 7) is 6.50. The summed E-state index contributed by atoms with van der Waals surface area (Å²) >= 11 is 6.69. The Morgan fingerprint density at radius 2 is 1.85 bits per heavy atom. The Kier molecular flexibility index (Phi) is 7.18. The fourth-order valence-electron chi connectivity index (χ4n) is 1.98. The second-order valence-electron chi connectivity index (χ2n) is 4.99. The van der Waals surface area contributed by atoms with Crippen LogP contribution in [0.3, 0.4) is 0 Å². The molecule has 6 heteroatoms. The summed E-state index contributed by atoms with van der Waals surface area (Å²) in [5.74, 6) is 0. The third kappa shape index (κ3) is 4.55. The predicted octanol–water partition coefficient (Wildman–Crippen LogP) is 4.80. The molecule has 1 aromatic rings. The van der Waals surface area contributed by atoms with Crippen LogP contribution in [0.15, 0.2) is 32.0 Å². The average molecular weight is 427 g/mol. The van der Waals surface area contributed by atoms with E-state index in [9.17, 15) is 8.42 Å². The van der Waals surface area contributed by atoms with E-state index in [0.29, 0.717) is 15.9 Å². The number of sulfonamides is 1. The molecule has 0 spiro atoms. The molecule has 3 nitrogen and oxygen atoms in total. The summed E-state index contributed by atoms with van der Waals surface area (Å²) in [5.41, 5.74) is 0. The second-order valence-corrected chi connectivity index (χ2v) is 8.62. The Morgan fingerprint density at radius 1 is 1.20 bits per heavy atom. The summed E-state index contributed by atoms with van der Waals surface area (Å²) in [7, 11) is -3.46. The summed E-state index contributed by atoms with van der Waals surface area (Å²) < 4.78 is 28.6. The van der Waals surface area contributed by atoms with E-state index in [0.717, 1.165) is 23.7 Å². The van der Waals surface area contributed by atoms with Gasteiger partial charge >= 0.3 is 0 Å². The highest BCUT2D eigenvalue weighted by Gasteiger charge is 2.28. The van der Waals surface area contributed by atoms with Gasteiger partial charge in [-0.1, -0.05) is 35.7 Å². The molecule has 0 saturated heterocycles. The van der Waals surface area contributed by atoms with E-state index in [1.165, 1.54) is 0 Å². The van der Waals surface area contributed by atoms with E-state index in [1.54, 1.807) is 22.5 Å². The van der Waals surface area contributed by atoms with Crippen molar-refractivity contribution in [2.75, 3.05) is 6.54 Å². The van der Waals surface area contributed by atoms with Gasteiger partial charge < -0.3 is 0 Å². The van der Waals surface area contributed by atoms with Crippen molar-refractivity contribution in [1.29, 1.82) is 0 Å². The van der Waals surface area contributed by atoms with Gasteiger partial charge in [-0.25, -0.2) is 8.42 Å². The van der Waals surface area contributed by atoms with Gasteiger partial charge in [0.05, 0.1) is 4.90 Å². The number of nitrogens with zero attached hydrogens (tertiary/aromatic N) is 1. The number of hydrogen-bond acceptors (Lipinski definition) is 2. The minimum Gasteiger partial charge on any atom is -0.207 e. The molecular formula is C14H21Br2NO2S. The lowest BCUT2D eigenvalue weighted by atomic mass is 10.2. The van der Waals surface area contributed by atoms with Gasteiger partial charge in [-0.05, 0) is 54.4 Å². The average Bonchev–Trinajstić information content (AvgIpc) is 2.33. The summed E-state index contributed by atoms with van der Waals surface area (Å²) in [4.78, 5) is 0.325. The number of halogens is 2. The molecule has 0 atom stereocenters. The quantitative estimate of drug-likeness (QED) is 0.587. The Labute approximate surface area is 139 Å². The maximum absolute atomic E-state index is 12.8. The molecule has 20 heavy (non-hydrogen) atoms. The Hall–Kier alpha value is 0.0900. The van der Waals surface area contributed by atoms with Crippen LogP contribution >= 0.6 is 31.9 Å². The van der Waals surface area contributed by atoms with Crippen LogP contribution in [0.1, 0.15) is 40.0 Å². The third-order valence-corrected chi connectivity index (χ3v) is 6.58. The molecule has 114 valence electrons. The SMILES string of the molecule is CCCCCN(C(C)C)S(=O)(=O)c1ccc(Br)cc1Br. The highest BCUT2D eigenvalue weighted by molar-refractivity contribution is 9.11. The Balaban J connectivity index is 3.09. The van der Waals surface area contributed by atoms with Gasteiger partial charge in [0, 0.05) is 21.5 Å². The lowest BCUT2D eigenvalue weighted by Gasteiger charge is -2.26. The van der Waals surface area contributed by atoms with Crippen LogP contribution in [0.4, 0.5) is 0 Å². The van der Waals surface area contributed by atoms with E-state index in [4.69, 9.17) is 0 Å². The van der Waals surface area contributed by atoms with Crippen LogP contribution in [-0.2, 0) is 10.0 Å². The maximum atomic E-state index is 12.8. The van der Waals surface area contributed by atoms with Gasteiger partial charge in [0.25, 0.3) is 0 Å². The van der Waals surface area contributed by atoms with E-state index >= 15 is 0 Å². The van der Waals surface area contributed by atoms with E-state index in [2.05, 4.69) is 38.8 Å². The first-order valence-corrected chi connectivity index (χ1v) is 9.80. The van der Waals surface area contributed by atoms with Crippen molar-refractivity contribution in [3.63, 3.8) is 0 Å². The molecule has 0 aliphatic carbocycles. The number of rotatable bonds is 7.